The van der Waals surface area contributed by atoms with Crippen LogP contribution in [0.5, 0.6) is 0 Å². The summed E-state index contributed by atoms with van der Waals surface area (Å²) >= 11 is 1.95. The zero-order chi connectivity index (χ0) is 15.1. The van der Waals surface area contributed by atoms with E-state index in [0.717, 1.165) is 31.1 Å². The van der Waals surface area contributed by atoms with E-state index in [-0.39, 0.29) is 0 Å². The zero-order valence-corrected chi connectivity index (χ0v) is 14.0. The molecule has 0 unspecified atom stereocenters. The molecular formula is C14H23N3O2S2. The second-order valence-electron chi connectivity index (χ2n) is 4.88. The van der Waals surface area contributed by atoms with Crippen molar-refractivity contribution < 1.29 is 8.42 Å². The lowest BCUT2D eigenvalue weighted by Gasteiger charge is -2.26. The Hall–Kier alpha value is -0.760. The number of thioether (sulfide) groups is 1. The maximum Gasteiger partial charge on any atom is 0.242 e. The minimum absolute atomic E-state index is 0.320. The highest BCUT2D eigenvalue weighted by Crippen LogP contribution is 2.20. The van der Waals surface area contributed by atoms with Crippen LogP contribution >= 0.6 is 11.8 Å². The van der Waals surface area contributed by atoms with Crippen LogP contribution in [0.4, 0.5) is 5.69 Å². The molecule has 21 heavy (non-hydrogen) atoms. The third-order valence-electron chi connectivity index (χ3n) is 3.37. The molecule has 0 amide bonds. The largest absolute Gasteiger partial charge is 0.384 e. The Morgan fingerprint density at radius 3 is 2.67 bits per heavy atom. The summed E-state index contributed by atoms with van der Waals surface area (Å²) in [6.07, 6.45) is 0. The van der Waals surface area contributed by atoms with Crippen molar-refractivity contribution in [3.63, 3.8) is 0 Å². The van der Waals surface area contributed by atoms with E-state index in [1.807, 2.05) is 24.8 Å². The Morgan fingerprint density at radius 1 is 1.24 bits per heavy atom. The Labute approximate surface area is 131 Å². The third kappa shape index (κ3) is 4.88. The van der Waals surface area contributed by atoms with E-state index in [4.69, 9.17) is 0 Å². The molecule has 1 aromatic carbocycles. The quantitative estimate of drug-likeness (QED) is 0.793. The topological polar surface area (TPSA) is 61.4 Å². The molecule has 2 rings (SSSR count). The fraction of sp³-hybridized carbons (Fsp3) is 0.571. The molecule has 1 saturated heterocycles. The predicted molar refractivity (Wildman–Crippen MR) is 89.6 cm³/mol. The van der Waals surface area contributed by atoms with Gasteiger partial charge in [0.25, 0.3) is 0 Å². The third-order valence-corrected chi connectivity index (χ3v) is 5.83. The standard InChI is InChI=1S/C14H23N3O2S2/c1-2-15-13-5-3-4-6-14(13)21(18,19)16-7-8-17-9-11-20-12-10-17/h3-6,15-16H,2,7-12H2,1H3. The molecule has 0 aliphatic carbocycles. The van der Waals surface area contributed by atoms with Gasteiger partial charge in [-0.05, 0) is 19.1 Å². The summed E-state index contributed by atoms with van der Waals surface area (Å²) in [5.41, 5.74) is 0.655. The molecule has 0 bridgehead atoms. The highest BCUT2D eigenvalue weighted by atomic mass is 32.2. The lowest BCUT2D eigenvalue weighted by atomic mass is 10.3. The van der Waals surface area contributed by atoms with Crippen LogP contribution in [0.3, 0.4) is 0 Å². The van der Waals surface area contributed by atoms with Gasteiger partial charge in [0.2, 0.25) is 10.0 Å². The number of benzene rings is 1. The summed E-state index contributed by atoms with van der Waals surface area (Å²) < 4.78 is 27.5. The van der Waals surface area contributed by atoms with Crippen molar-refractivity contribution in [1.82, 2.24) is 9.62 Å². The first-order chi connectivity index (χ1) is 10.1. The maximum atomic E-state index is 12.4. The normalized spacial score (nSPS) is 16.8. The smallest absolute Gasteiger partial charge is 0.242 e. The van der Waals surface area contributed by atoms with Gasteiger partial charge in [-0.3, -0.25) is 0 Å². The van der Waals surface area contributed by atoms with Gasteiger partial charge in [0, 0.05) is 44.2 Å². The summed E-state index contributed by atoms with van der Waals surface area (Å²) in [4.78, 5) is 2.62. The van der Waals surface area contributed by atoms with E-state index in [1.54, 1.807) is 18.2 Å². The van der Waals surface area contributed by atoms with Gasteiger partial charge >= 0.3 is 0 Å². The van der Waals surface area contributed by atoms with Crippen LogP contribution < -0.4 is 10.0 Å². The molecule has 1 aliphatic rings. The van der Waals surface area contributed by atoms with Crippen molar-refractivity contribution in [1.29, 1.82) is 0 Å². The molecule has 118 valence electrons. The first-order valence-corrected chi connectivity index (χ1v) is 9.90. The summed E-state index contributed by atoms with van der Waals surface area (Å²) in [7, 11) is -3.46. The molecule has 2 N–H and O–H groups in total. The van der Waals surface area contributed by atoms with Gasteiger partial charge < -0.3 is 10.2 Å². The Balaban J connectivity index is 1.94. The number of hydrogen-bond acceptors (Lipinski definition) is 5. The fourth-order valence-electron chi connectivity index (χ4n) is 2.28. The molecule has 0 spiro atoms. The van der Waals surface area contributed by atoms with Crippen molar-refractivity contribution in [3.05, 3.63) is 24.3 Å². The summed E-state index contributed by atoms with van der Waals surface area (Å²) in [6.45, 7) is 5.94. The van der Waals surface area contributed by atoms with Crippen molar-refractivity contribution >= 4 is 27.5 Å². The van der Waals surface area contributed by atoms with Crippen molar-refractivity contribution in [2.75, 3.05) is 49.5 Å². The molecule has 7 heteroatoms. The van der Waals surface area contributed by atoms with Crippen LogP contribution in [-0.2, 0) is 10.0 Å². The average molecular weight is 329 g/mol. The molecule has 1 heterocycles. The second-order valence-corrected chi connectivity index (χ2v) is 7.84. The highest BCUT2D eigenvalue weighted by molar-refractivity contribution is 7.99. The lowest BCUT2D eigenvalue weighted by Crippen LogP contribution is -2.39. The van der Waals surface area contributed by atoms with Gasteiger partial charge in [0.15, 0.2) is 0 Å². The van der Waals surface area contributed by atoms with Crippen molar-refractivity contribution in [2.45, 2.75) is 11.8 Å². The van der Waals surface area contributed by atoms with Gasteiger partial charge in [-0.1, -0.05) is 12.1 Å². The van der Waals surface area contributed by atoms with Crippen LogP contribution in [0.25, 0.3) is 0 Å². The maximum absolute atomic E-state index is 12.4. The van der Waals surface area contributed by atoms with Gasteiger partial charge in [0.1, 0.15) is 4.90 Å². The van der Waals surface area contributed by atoms with Crippen LogP contribution in [0.15, 0.2) is 29.2 Å². The SMILES string of the molecule is CCNc1ccccc1S(=O)(=O)NCCN1CCSCC1. The van der Waals surface area contributed by atoms with Crippen LogP contribution in [0.2, 0.25) is 0 Å². The van der Waals surface area contributed by atoms with E-state index >= 15 is 0 Å². The molecular weight excluding hydrogens is 306 g/mol. The summed E-state index contributed by atoms with van der Waals surface area (Å²) in [5.74, 6) is 2.27. The Morgan fingerprint density at radius 2 is 1.95 bits per heavy atom. The molecule has 0 aromatic heterocycles. The van der Waals surface area contributed by atoms with Gasteiger partial charge in [0.05, 0.1) is 5.69 Å². The highest BCUT2D eigenvalue weighted by Gasteiger charge is 2.18. The molecule has 0 atom stereocenters. The number of hydrogen-bond donors (Lipinski definition) is 2. The molecule has 5 nitrogen and oxygen atoms in total. The van der Waals surface area contributed by atoms with E-state index in [9.17, 15) is 8.42 Å². The zero-order valence-electron chi connectivity index (χ0n) is 12.3. The number of nitrogens with zero attached hydrogens (tertiary/aromatic N) is 1. The lowest BCUT2D eigenvalue weighted by molar-refractivity contribution is 0.307. The van der Waals surface area contributed by atoms with E-state index in [2.05, 4.69) is 14.9 Å². The molecule has 0 radical (unpaired) electrons. The molecule has 1 aliphatic heterocycles. The second kappa shape index (κ2) is 8.03. The fourth-order valence-corrected chi connectivity index (χ4v) is 4.46. The van der Waals surface area contributed by atoms with E-state index in [0.29, 0.717) is 23.7 Å². The average Bonchev–Trinajstić information content (AvgIpc) is 2.49. The number of rotatable bonds is 7. The van der Waals surface area contributed by atoms with Crippen molar-refractivity contribution in [2.24, 2.45) is 0 Å². The number of anilines is 1. The predicted octanol–water partition coefficient (Wildman–Crippen LogP) is 1.45. The Bertz CT molecular complexity index is 543. The van der Waals surface area contributed by atoms with Crippen molar-refractivity contribution in [3.8, 4) is 0 Å². The molecule has 1 fully saturated rings. The molecule has 1 aromatic rings. The minimum Gasteiger partial charge on any atom is -0.384 e. The molecule has 0 saturated carbocycles. The van der Waals surface area contributed by atoms with Crippen LogP contribution in [-0.4, -0.2) is 57.5 Å². The first kappa shape index (κ1) is 16.6. The minimum atomic E-state index is -3.46. The van der Waals surface area contributed by atoms with Gasteiger partial charge in [-0.15, -0.1) is 0 Å². The number of sulfonamides is 1. The van der Waals surface area contributed by atoms with Gasteiger partial charge in [-0.25, -0.2) is 13.1 Å². The first-order valence-electron chi connectivity index (χ1n) is 7.26. The number of nitrogens with one attached hydrogen (secondary N) is 2. The van der Waals surface area contributed by atoms with E-state index < -0.39 is 10.0 Å². The van der Waals surface area contributed by atoms with Crippen LogP contribution in [0, 0.1) is 0 Å². The Kier molecular flexibility index (Phi) is 6.35. The van der Waals surface area contributed by atoms with Crippen LogP contribution in [0.1, 0.15) is 6.92 Å². The number of para-hydroxylation sites is 1. The van der Waals surface area contributed by atoms with E-state index in [1.165, 1.54) is 0 Å². The van der Waals surface area contributed by atoms with Gasteiger partial charge in [-0.2, -0.15) is 11.8 Å². The monoisotopic (exact) mass is 329 g/mol. The summed E-state index contributed by atoms with van der Waals surface area (Å²) in [5, 5.41) is 3.09. The summed E-state index contributed by atoms with van der Waals surface area (Å²) in [6, 6.07) is 7.01.